The normalized spacial score (nSPS) is 13.9. The molecule has 1 aliphatic heterocycles. The number of hydrogen-bond acceptors (Lipinski definition) is 3. The number of amides is 2. The van der Waals surface area contributed by atoms with Crippen LogP contribution in [0.2, 0.25) is 5.02 Å². The van der Waals surface area contributed by atoms with Crippen molar-refractivity contribution in [1.82, 2.24) is 0 Å². The van der Waals surface area contributed by atoms with E-state index in [1.807, 2.05) is 71.0 Å². The van der Waals surface area contributed by atoms with Gasteiger partial charge in [0.1, 0.15) is 5.70 Å². The minimum atomic E-state index is -0.381. The van der Waals surface area contributed by atoms with E-state index in [1.165, 1.54) is 4.90 Å². The van der Waals surface area contributed by atoms with Gasteiger partial charge in [-0.2, -0.15) is 0 Å². The Labute approximate surface area is 193 Å². The largest absolute Gasteiger partial charge is 0.350 e. The molecule has 3 aromatic rings. The van der Waals surface area contributed by atoms with Crippen molar-refractivity contribution >= 4 is 40.4 Å². The molecule has 0 saturated carbocycles. The smallest absolute Gasteiger partial charge is 0.282 e. The fourth-order valence-electron chi connectivity index (χ4n) is 4.04. The van der Waals surface area contributed by atoms with Crippen molar-refractivity contribution in [3.8, 4) is 0 Å². The molecule has 4 rings (SSSR count). The van der Waals surface area contributed by atoms with Gasteiger partial charge in [0.25, 0.3) is 11.8 Å². The minimum absolute atomic E-state index is 0.277. The van der Waals surface area contributed by atoms with Crippen LogP contribution in [0.15, 0.2) is 60.3 Å². The second kappa shape index (κ2) is 8.29. The third-order valence-corrected chi connectivity index (χ3v) is 6.15. The highest BCUT2D eigenvalue weighted by molar-refractivity contribution is 6.46. The molecular formula is C27H25ClN2O2. The number of rotatable bonds is 4. The van der Waals surface area contributed by atoms with Gasteiger partial charge in [0.2, 0.25) is 0 Å². The Morgan fingerprint density at radius 3 is 2.12 bits per heavy atom. The molecule has 2 amide bonds. The Hall–Kier alpha value is -3.37. The highest BCUT2D eigenvalue weighted by atomic mass is 35.5. The first-order valence-corrected chi connectivity index (χ1v) is 10.9. The molecule has 0 fully saturated rings. The van der Waals surface area contributed by atoms with Crippen LogP contribution >= 0.6 is 11.6 Å². The Kier molecular flexibility index (Phi) is 5.66. The lowest BCUT2D eigenvalue weighted by Gasteiger charge is -2.18. The number of aryl methyl sites for hydroxylation is 5. The molecule has 0 unspecified atom stereocenters. The summed E-state index contributed by atoms with van der Waals surface area (Å²) in [6, 6.07) is 16.9. The Morgan fingerprint density at radius 1 is 0.719 bits per heavy atom. The summed E-state index contributed by atoms with van der Waals surface area (Å²) in [6.07, 6.45) is 0. The van der Waals surface area contributed by atoms with Gasteiger partial charge >= 0.3 is 0 Å². The predicted octanol–water partition coefficient (Wildman–Crippen LogP) is 6.28. The standard InChI is InChI=1S/C27H25ClN2O2/c1-15-6-10-22(18(4)12-15)24-25(29-21-9-7-16(2)17(3)14-21)27(32)30(26(24)31)23-11-8-20(28)13-19(23)5/h6-14,29H,1-5H3. The summed E-state index contributed by atoms with van der Waals surface area (Å²) < 4.78 is 0. The van der Waals surface area contributed by atoms with E-state index in [9.17, 15) is 9.59 Å². The Bertz CT molecular complexity index is 1310. The summed E-state index contributed by atoms with van der Waals surface area (Å²) in [5.74, 6) is -0.729. The van der Waals surface area contributed by atoms with E-state index in [2.05, 4.69) is 5.32 Å². The number of nitrogens with one attached hydrogen (secondary N) is 1. The summed E-state index contributed by atoms with van der Waals surface area (Å²) in [6.45, 7) is 9.86. The van der Waals surface area contributed by atoms with E-state index in [1.54, 1.807) is 18.2 Å². The van der Waals surface area contributed by atoms with Crippen LogP contribution in [-0.2, 0) is 9.59 Å². The molecule has 1 aliphatic rings. The first kappa shape index (κ1) is 21.8. The van der Waals surface area contributed by atoms with E-state index in [0.717, 1.165) is 39.1 Å². The number of anilines is 2. The fourth-order valence-corrected chi connectivity index (χ4v) is 4.27. The topological polar surface area (TPSA) is 49.4 Å². The highest BCUT2D eigenvalue weighted by Crippen LogP contribution is 2.37. The maximum atomic E-state index is 13.7. The molecule has 0 radical (unpaired) electrons. The average Bonchev–Trinajstić information content (AvgIpc) is 2.95. The summed E-state index contributed by atoms with van der Waals surface area (Å²) in [7, 11) is 0. The second-order valence-corrected chi connectivity index (χ2v) is 8.81. The third kappa shape index (κ3) is 3.82. The number of imide groups is 1. The Balaban J connectivity index is 1.88. The van der Waals surface area contributed by atoms with Crippen molar-refractivity contribution < 1.29 is 9.59 Å². The van der Waals surface area contributed by atoms with Crippen molar-refractivity contribution in [2.24, 2.45) is 0 Å². The summed E-state index contributed by atoms with van der Waals surface area (Å²) in [5.41, 5.74) is 7.75. The molecule has 162 valence electrons. The molecular weight excluding hydrogens is 420 g/mol. The van der Waals surface area contributed by atoms with Crippen LogP contribution in [0.3, 0.4) is 0 Å². The van der Waals surface area contributed by atoms with Crippen LogP contribution in [0, 0.1) is 34.6 Å². The molecule has 1 N–H and O–H groups in total. The van der Waals surface area contributed by atoms with Crippen LogP contribution in [0.4, 0.5) is 11.4 Å². The number of benzene rings is 3. The fraction of sp³-hybridized carbons (Fsp3) is 0.185. The van der Waals surface area contributed by atoms with Crippen molar-refractivity contribution in [3.63, 3.8) is 0 Å². The van der Waals surface area contributed by atoms with Gasteiger partial charge in [0, 0.05) is 10.7 Å². The zero-order chi connectivity index (χ0) is 23.2. The van der Waals surface area contributed by atoms with Crippen molar-refractivity contribution in [2.45, 2.75) is 34.6 Å². The number of hydrogen-bond donors (Lipinski definition) is 1. The summed E-state index contributed by atoms with van der Waals surface area (Å²) in [5, 5.41) is 3.81. The van der Waals surface area contributed by atoms with Gasteiger partial charge in [-0.3, -0.25) is 9.59 Å². The lowest BCUT2D eigenvalue weighted by Crippen LogP contribution is -2.33. The number of halogens is 1. The second-order valence-electron chi connectivity index (χ2n) is 8.37. The van der Waals surface area contributed by atoms with Gasteiger partial charge in [0.15, 0.2) is 0 Å². The van der Waals surface area contributed by atoms with E-state index >= 15 is 0 Å². The van der Waals surface area contributed by atoms with Crippen LogP contribution in [0.5, 0.6) is 0 Å². The first-order valence-electron chi connectivity index (χ1n) is 10.5. The van der Waals surface area contributed by atoms with Gasteiger partial charge in [-0.05, 0) is 92.8 Å². The van der Waals surface area contributed by atoms with Crippen LogP contribution in [0.1, 0.15) is 33.4 Å². The van der Waals surface area contributed by atoms with Crippen LogP contribution in [-0.4, -0.2) is 11.8 Å². The first-order chi connectivity index (χ1) is 15.2. The van der Waals surface area contributed by atoms with Crippen molar-refractivity contribution in [2.75, 3.05) is 10.2 Å². The van der Waals surface area contributed by atoms with Crippen molar-refractivity contribution in [1.29, 1.82) is 0 Å². The van der Waals surface area contributed by atoms with E-state index < -0.39 is 0 Å². The number of carbonyl (C=O) groups is 2. The zero-order valence-electron chi connectivity index (χ0n) is 18.8. The number of nitrogens with zero attached hydrogens (tertiary/aromatic N) is 1. The van der Waals surface area contributed by atoms with Crippen LogP contribution < -0.4 is 10.2 Å². The molecule has 5 heteroatoms. The zero-order valence-corrected chi connectivity index (χ0v) is 19.6. The summed E-state index contributed by atoms with van der Waals surface area (Å²) in [4.78, 5) is 28.6. The van der Waals surface area contributed by atoms with E-state index in [-0.39, 0.29) is 17.5 Å². The molecule has 32 heavy (non-hydrogen) atoms. The average molecular weight is 445 g/mol. The van der Waals surface area contributed by atoms with Crippen molar-refractivity contribution in [3.05, 3.63) is 98.7 Å². The molecule has 0 spiro atoms. The van der Waals surface area contributed by atoms with E-state index in [0.29, 0.717) is 16.3 Å². The molecule has 0 saturated heterocycles. The molecule has 0 aromatic heterocycles. The molecule has 4 nitrogen and oxygen atoms in total. The predicted molar refractivity (Wildman–Crippen MR) is 131 cm³/mol. The van der Waals surface area contributed by atoms with Gasteiger partial charge in [-0.1, -0.05) is 41.4 Å². The van der Waals surface area contributed by atoms with Gasteiger partial charge in [-0.15, -0.1) is 0 Å². The summed E-state index contributed by atoms with van der Waals surface area (Å²) >= 11 is 6.11. The monoisotopic (exact) mass is 444 g/mol. The number of carbonyl (C=O) groups excluding carboxylic acids is 2. The third-order valence-electron chi connectivity index (χ3n) is 5.91. The molecule has 0 atom stereocenters. The van der Waals surface area contributed by atoms with E-state index in [4.69, 9.17) is 11.6 Å². The minimum Gasteiger partial charge on any atom is -0.350 e. The lowest BCUT2D eigenvalue weighted by atomic mass is 9.97. The van der Waals surface area contributed by atoms with Gasteiger partial charge in [-0.25, -0.2) is 4.90 Å². The molecule has 0 aliphatic carbocycles. The maximum Gasteiger partial charge on any atom is 0.282 e. The lowest BCUT2D eigenvalue weighted by molar-refractivity contribution is -0.120. The SMILES string of the molecule is Cc1ccc(C2=C(Nc3ccc(C)c(C)c3)C(=O)N(c3ccc(Cl)cc3C)C2=O)c(C)c1. The van der Waals surface area contributed by atoms with Crippen LogP contribution in [0.25, 0.3) is 5.57 Å². The molecule has 3 aromatic carbocycles. The highest BCUT2D eigenvalue weighted by Gasteiger charge is 2.41. The quantitative estimate of drug-likeness (QED) is 0.482. The van der Waals surface area contributed by atoms with Gasteiger partial charge in [0.05, 0.1) is 11.3 Å². The maximum absolute atomic E-state index is 13.7. The molecule has 0 bridgehead atoms. The Morgan fingerprint density at radius 2 is 1.47 bits per heavy atom. The van der Waals surface area contributed by atoms with Gasteiger partial charge < -0.3 is 5.32 Å². The molecule has 1 heterocycles.